The van der Waals surface area contributed by atoms with Gasteiger partial charge in [0.15, 0.2) is 0 Å². The lowest BCUT2D eigenvalue weighted by molar-refractivity contribution is 0.0704. The van der Waals surface area contributed by atoms with Crippen LogP contribution in [0.25, 0.3) is 0 Å². The summed E-state index contributed by atoms with van der Waals surface area (Å²) in [4.78, 5) is 26.0. The van der Waals surface area contributed by atoms with Crippen LogP contribution in [0.1, 0.15) is 46.8 Å². The molecule has 1 aromatic carbocycles. The van der Waals surface area contributed by atoms with Crippen molar-refractivity contribution in [2.45, 2.75) is 32.9 Å². The van der Waals surface area contributed by atoms with Crippen LogP contribution in [0.2, 0.25) is 0 Å². The second-order valence-corrected chi connectivity index (χ2v) is 6.41. The van der Waals surface area contributed by atoms with Gasteiger partial charge >= 0.3 is 0 Å². The summed E-state index contributed by atoms with van der Waals surface area (Å²) < 4.78 is 13.1. The standard InChI is InChI=1S/C18H19FN4O/c1-11-16-15(20-12(2)21-17(16)22-8-3-9-22)10-23(11)18(24)13-4-6-14(19)7-5-13/h4-7,11H,3,8-10H2,1-2H3. The Kier molecular flexibility index (Phi) is 3.48. The predicted molar refractivity (Wildman–Crippen MR) is 88.3 cm³/mol. The maximum absolute atomic E-state index is 13.1. The number of carbonyl (C=O) groups is 1. The third kappa shape index (κ3) is 2.33. The van der Waals surface area contributed by atoms with Gasteiger partial charge in [0.1, 0.15) is 17.5 Å². The zero-order chi connectivity index (χ0) is 16.8. The lowest BCUT2D eigenvalue weighted by atomic mass is 10.1. The van der Waals surface area contributed by atoms with Gasteiger partial charge in [-0.1, -0.05) is 0 Å². The molecule has 1 fully saturated rings. The molecule has 3 heterocycles. The molecule has 0 radical (unpaired) electrons. The summed E-state index contributed by atoms with van der Waals surface area (Å²) in [5.74, 6) is 1.25. The molecule has 24 heavy (non-hydrogen) atoms. The highest BCUT2D eigenvalue weighted by Crippen LogP contribution is 2.39. The van der Waals surface area contributed by atoms with E-state index < -0.39 is 0 Å². The van der Waals surface area contributed by atoms with E-state index in [2.05, 4.69) is 14.9 Å². The Bertz CT molecular complexity index is 801. The highest BCUT2D eigenvalue weighted by molar-refractivity contribution is 5.95. The number of anilines is 1. The fourth-order valence-electron chi connectivity index (χ4n) is 3.40. The number of aryl methyl sites for hydroxylation is 1. The SMILES string of the molecule is Cc1nc2c(c(N3CCC3)n1)C(C)N(C(=O)c1ccc(F)cc1)C2. The zero-order valence-electron chi connectivity index (χ0n) is 13.8. The quantitative estimate of drug-likeness (QED) is 0.851. The predicted octanol–water partition coefficient (Wildman–Crippen LogP) is 2.85. The molecule has 2 aliphatic rings. The average Bonchev–Trinajstić information content (AvgIpc) is 2.82. The maximum atomic E-state index is 13.1. The van der Waals surface area contributed by atoms with Gasteiger partial charge in [-0.2, -0.15) is 0 Å². The molecule has 0 spiro atoms. The number of rotatable bonds is 2. The van der Waals surface area contributed by atoms with Gasteiger partial charge in [0.05, 0.1) is 18.3 Å². The number of fused-ring (bicyclic) bond motifs is 1. The van der Waals surface area contributed by atoms with Gasteiger partial charge in [0.25, 0.3) is 5.91 Å². The molecule has 6 heteroatoms. The van der Waals surface area contributed by atoms with E-state index in [4.69, 9.17) is 0 Å². The smallest absolute Gasteiger partial charge is 0.254 e. The van der Waals surface area contributed by atoms with Gasteiger partial charge < -0.3 is 9.80 Å². The molecule has 2 aliphatic heterocycles. The minimum atomic E-state index is -0.342. The van der Waals surface area contributed by atoms with Crippen LogP contribution in [0, 0.1) is 12.7 Å². The van der Waals surface area contributed by atoms with Crippen molar-refractivity contribution in [3.05, 3.63) is 52.7 Å². The molecule has 1 amide bonds. The molecule has 4 rings (SSSR count). The van der Waals surface area contributed by atoms with Crippen LogP contribution in [0.3, 0.4) is 0 Å². The van der Waals surface area contributed by atoms with Crippen LogP contribution in [-0.4, -0.2) is 33.9 Å². The molecular weight excluding hydrogens is 307 g/mol. The summed E-state index contributed by atoms with van der Waals surface area (Å²) in [5, 5.41) is 0. The van der Waals surface area contributed by atoms with Crippen LogP contribution in [0.4, 0.5) is 10.2 Å². The summed E-state index contributed by atoms with van der Waals surface area (Å²) in [7, 11) is 0. The highest BCUT2D eigenvalue weighted by Gasteiger charge is 2.37. The molecule has 1 atom stereocenters. The first-order valence-electron chi connectivity index (χ1n) is 8.23. The van der Waals surface area contributed by atoms with Crippen molar-refractivity contribution in [1.82, 2.24) is 14.9 Å². The molecule has 124 valence electrons. The third-order valence-electron chi connectivity index (χ3n) is 4.83. The number of carbonyl (C=O) groups excluding carboxylic acids is 1. The van der Waals surface area contributed by atoms with Gasteiger partial charge in [-0.15, -0.1) is 0 Å². The van der Waals surface area contributed by atoms with E-state index in [1.165, 1.54) is 30.7 Å². The second-order valence-electron chi connectivity index (χ2n) is 6.41. The number of hydrogen-bond donors (Lipinski definition) is 0. The van der Waals surface area contributed by atoms with Gasteiger partial charge in [0.2, 0.25) is 0 Å². The number of aromatic nitrogens is 2. The van der Waals surface area contributed by atoms with Gasteiger partial charge in [-0.05, 0) is 44.5 Å². The monoisotopic (exact) mass is 326 g/mol. The number of hydrogen-bond acceptors (Lipinski definition) is 4. The summed E-state index contributed by atoms with van der Waals surface area (Å²) >= 11 is 0. The Labute approximate surface area is 140 Å². The molecule has 5 nitrogen and oxygen atoms in total. The van der Waals surface area contributed by atoms with Crippen LogP contribution in [0.5, 0.6) is 0 Å². The van der Waals surface area contributed by atoms with Crippen molar-refractivity contribution in [1.29, 1.82) is 0 Å². The van der Waals surface area contributed by atoms with Crippen molar-refractivity contribution in [3.63, 3.8) is 0 Å². The zero-order valence-corrected chi connectivity index (χ0v) is 13.8. The third-order valence-corrected chi connectivity index (χ3v) is 4.83. The molecular formula is C18H19FN4O. The van der Waals surface area contributed by atoms with Crippen molar-refractivity contribution in [3.8, 4) is 0 Å². The lowest BCUT2D eigenvalue weighted by Gasteiger charge is -2.34. The van der Waals surface area contributed by atoms with E-state index in [1.807, 2.05) is 13.8 Å². The number of benzene rings is 1. The largest absolute Gasteiger partial charge is 0.356 e. The molecule has 0 bridgehead atoms. The minimum Gasteiger partial charge on any atom is -0.356 e. The van der Waals surface area contributed by atoms with Gasteiger partial charge in [-0.3, -0.25) is 4.79 Å². The first-order valence-corrected chi connectivity index (χ1v) is 8.23. The van der Waals surface area contributed by atoms with E-state index in [1.54, 1.807) is 4.90 Å². The molecule has 0 N–H and O–H groups in total. The Morgan fingerprint density at radius 1 is 1.21 bits per heavy atom. The summed E-state index contributed by atoms with van der Waals surface area (Å²) in [6.45, 7) is 6.37. The maximum Gasteiger partial charge on any atom is 0.254 e. The lowest BCUT2D eigenvalue weighted by Crippen LogP contribution is -2.39. The first kappa shape index (κ1) is 15.1. The molecule has 1 saturated heterocycles. The van der Waals surface area contributed by atoms with Crippen molar-refractivity contribution >= 4 is 11.7 Å². The van der Waals surface area contributed by atoms with E-state index >= 15 is 0 Å². The van der Waals surface area contributed by atoms with E-state index in [0.29, 0.717) is 12.1 Å². The van der Waals surface area contributed by atoms with Crippen LogP contribution in [0.15, 0.2) is 24.3 Å². The fraction of sp³-hybridized carbons (Fsp3) is 0.389. The Hall–Kier alpha value is -2.50. The molecule has 1 unspecified atom stereocenters. The van der Waals surface area contributed by atoms with Gasteiger partial charge in [0, 0.05) is 24.2 Å². The fourth-order valence-corrected chi connectivity index (χ4v) is 3.40. The summed E-state index contributed by atoms with van der Waals surface area (Å²) in [5.41, 5.74) is 2.47. The Morgan fingerprint density at radius 3 is 2.54 bits per heavy atom. The van der Waals surface area contributed by atoms with Crippen molar-refractivity contribution in [2.24, 2.45) is 0 Å². The van der Waals surface area contributed by atoms with Gasteiger partial charge in [-0.25, -0.2) is 14.4 Å². The Balaban J connectivity index is 1.68. The normalized spacial score (nSPS) is 19.2. The van der Waals surface area contributed by atoms with Crippen molar-refractivity contribution < 1.29 is 9.18 Å². The second kappa shape index (κ2) is 5.54. The van der Waals surface area contributed by atoms with E-state index in [-0.39, 0.29) is 17.8 Å². The topological polar surface area (TPSA) is 49.3 Å². The van der Waals surface area contributed by atoms with Crippen molar-refractivity contribution in [2.75, 3.05) is 18.0 Å². The number of nitrogens with zero attached hydrogens (tertiary/aromatic N) is 4. The van der Waals surface area contributed by atoms with Crippen LogP contribution < -0.4 is 4.90 Å². The van der Waals surface area contributed by atoms with Crippen LogP contribution in [-0.2, 0) is 6.54 Å². The first-order chi connectivity index (χ1) is 11.5. The van der Waals surface area contributed by atoms with E-state index in [0.717, 1.165) is 36.0 Å². The molecule has 0 aliphatic carbocycles. The van der Waals surface area contributed by atoms with Crippen LogP contribution >= 0.6 is 0 Å². The number of halogens is 1. The number of amides is 1. The van der Waals surface area contributed by atoms with E-state index in [9.17, 15) is 9.18 Å². The Morgan fingerprint density at radius 2 is 1.92 bits per heavy atom. The molecule has 1 aromatic heterocycles. The summed E-state index contributed by atoms with van der Waals surface area (Å²) in [6.07, 6.45) is 1.17. The molecule has 2 aromatic rings. The average molecular weight is 326 g/mol. The minimum absolute atomic E-state index is 0.0891. The highest BCUT2D eigenvalue weighted by atomic mass is 19.1. The molecule has 0 saturated carbocycles. The summed E-state index contributed by atoms with van der Waals surface area (Å²) in [6, 6.07) is 5.60.